The second-order valence-electron chi connectivity index (χ2n) is 8.10. The lowest BCUT2D eigenvalue weighted by Gasteiger charge is -2.23. The summed E-state index contributed by atoms with van der Waals surface area (Å²) in [7, 11) is 0. The van der Waals surface area contributed by atoms with Crippen LogP contribution in [0.3, 0.4) is 0 Å². The fourth-order valence-corrected chi connectivity index (χ4v) is 4.67. The van der Waals surface area contributed by atoms with Crippen LogP contribution in [0.1, 0.15) is 18.1 Å². The summed E-state index contributed by atoms with van der Waals surface area (Å²) in [5.74, 6) is 1.34. The number of fused-ring (bicyclic) bond motifs is 1. The van der Waals surface area contributed by atoms with Gasteiger partial charge in [-0.3, -0.25) is 4.79 Å². The Morgan fingerprint density at radius 1 is 1.00 bits per heavy atom. The van der Waals surface area contributed by atoms with Gasteiger partial charge in [-0.25, -0.2) is 0 Å². The number of aryl methyl sites for hydroxylation is 1. The van der Waals surface area contributed by atoms with Crippen molar-refractivity contribution in [3.8, 4) is 5.75 Å². The Morgan fingerprint density at radius 3 is 2.52 bits per heavy atom. The summed E-state index contributed by atoms with van der Waals surface area (Å²) >= 11 is 1.68. The monoisotopic (exact) mass is 452 g/mol. The molecule has 0 bridgehead atoms. The Morgan fingerprint density at radius 2 is 1.73 bits per heavy atom. The van der Waals surface area contributed by atoms with E-state index in [9.17, 15) is 4.79 Å². The molecule has 0 saturated carbocycles. The van der Waals surface area contributed by atoms with E-state index in [0.29, 0.717) is 11.3 Å². The van der Waals surface area contributed by atoms with Gasteiger partial charge >= 0.3 is 0 Å². The predicted molar refractivity (Wildman–Crippen MR) is 136 cm³/mol. The number of anilines is 1. The van der Waals surface area contributed by atoms with Gasteiger partial charge in [0, 0.05) is 16.2 Å². The van der Waals surface area contributed by atoms with Crippen molar-refractivity contribution in [3.05, 3.63) is 107 Å². The predicted octanol–water partition coefficient (Wildman–Crippen LogP) is 6.28. The molecule has 33 heavy (non-hydrogen) atoms. The number of hydrogen-bond acceptors (Lipinski definition) is 4. The second-order valence-corrected chi connectivity index (χ2v) is 9.15. The molecule has 1 unspecified atom stereocenters. The smallest absolute Gasteiger partial charge is 0.280 e. The highest BCUT2D eigenvalue weighted by atomic mass is 32.2. The normalized spacial score (nSPS) is 18.6. The second kappa shape index (κ2) is 9.12. The van der Waals surface area contributed by atoms with E-state index in [1.54, 1.807) is 11.8 Å². The first-order valence-corrected chi connectivity index (χ1v) is 11.9. The summed E-state index contributed by atoms with van der Waals surface area (Å²) in [4.78, 5) is 14.6. The topological polar surface area (TPSA) is 41.9 Å². The lowest BCUT2D eigenvalue weighted by molar-refractivity contribution is -0.114. The number of amides is 1. The maximum absolute atomic E-state index is 13.5. The van der Waals surface area contributed by atoms with Crippen LogP contribution >= 0.6 is 11.8 Å². The van der Waals surface area contributed by atoms with E-state index in [0.717, 1.165) is 33.2 Å². The molecule has 1 atom stereocenters. The number of para-hydroxylation sites is 2. The van der Waals surface area contributed by atoms with Gasteiger partial charge in [0.05, 0.1) is 17.0 Å². The van der Waals surface area contributed by atoms with Crippen LogP contribution in [0.4, 0.5) is 5.69 Å². The van der Waals surface area contributed by atoms with Gasteiger partial charge in [0.1, 0.15) is 11.9 Å². The molecule has 2 aliphatic rings. The molecule has 0 saturated heterocycles. The van der Waals surface area contributed by atoms with E-state index in [4.69, 9.17) is 9.84 Å². The van der Waals surface area contributed by atoms with Crippen LogP contribution in [0.5, 0.6) is 5.75 Å². The van der Waals surface area contributed by atoms with Crippen molar-refractivity contribution in [3.63, 3.8) is 0 Å². The van der Waals surface area contributed by atoms with Gasteiger partial charge < -0.3 is 4.74 Å². The summed E-state index contributed by atoms with van der Waals surface area (Å²) in [5, 5.41) is 6.23. The van der Waals surface area contributed by atoms with Crippen molar-refractivity contribution >= 4 is 35.1 Å². The zero-order valence-corrected chi connectivity index (χ0v) is 19.4. The Balaban J connectivity index is 1.49. The molecule has 3 aromatic rings. The Kier molecular flexibility index (Phi) is 5.88. The van der Waals surface area contributed by atoms with E-state index in [1.165, 1.54) is 10.6 Å². The molecule has 5 rings (SSSR count). The molecule has 0 aromatic heterocycles. The number of hydrogen-bond donors (Lipinski definition) is 0. The largest absolute Gasteiger partial charge is 0.485 e. The van der Waals surface area contributed by atoms with E-state index in [-0.39, 0.29) is 12.0 Å². The van der Waals surface area contributed by atoms with Crippen molar-refractivity contribution in [2.24, 2.45) is 5.10 Å². The van der Waals surface area contributed by atoms with E-state index < -0.39 is 0 Å². The van der Waals surface area contributed by atoms with Crippen molar-refractivity contribution in [2.75, 3.05) is 10.8 Å². The van der Waals surface area contributed by atoms with Gasteiger partial charge in [0.2, 0.25) is 0 Å². The highest BCUT2D eigenvalue weighted by Crippen LogP contribution is 2.33. The Bertz CT molecular complexity index is 1280. The molecule has 2 aliphatic heterocycles. The molecule has 0 N–H and O–H groups in total. The number of thioether (sulfide) groups is 1. The van der Waals surface area contributed by atoms with Gasteiger partial charge in [-0.15, -0.1) is 11.8 Å². The molecular weight excluding hydrogens is 428 g/mol. The number of ether oxygens (including phenoxy) is 1. The molecule has 5 heteroatoms. The van der Waals surface area contributed by atoms with Crippen LogP contribution in [0.25, 0.3) is 6.08 Å². The Labute approximate surface area is 198 Å². The average molecular weight is 453 g/mol. The lowest BCUT2D eigenvalue weighted by Crippen LogP contribution is -2.23. The van der Waals surface area contributed by atoms with Gasteiger partial charge in [0.15, 0.2) is 0 Å². The maximum atomic E-state index is 13.5. The number of benzene rings is 3. The van der Waals surface area contributed by atoms with Gasteiger partial charge in [-0.1, -0.05) is 54.1 Å². The molecule has 0 aliphatic carbocycles. The average Bonchev–Trinajstić information content (AvgIpc) is 3.15. The molecular formula is C28H24N2O2S. The van der Waals surface area contributed by atoms with Gasteiger partial charge in [0.25, 0.3) is 5.91 Å². The van der Waals surface area contributed by atoms with E-state index in [2.05, 4.69) is 37.3 Å². The third-order valence-corrected chi connectivity index (χ3v) is 6.70. The first-order valence-electron chi connectivity index (χ1n) is 10.9. The number of rotatable bonds is 5. The molecule has 0 spiro atoms. The van der Waals surface area contributed by atoms with Gasteiger partial charge in [-0.2, -0.15) is 10.1 Å². The van der Waals surface area contributed by atoms with Gasteiger partial charge in [-0.05, 0) is 61.9 Å². The van der Waals surface area contributed by atoms with E-state index in [1.807, 2.05) is 67.6 Å². The first kappa shape index (κ1) is 21.3. The Hall–Kier alpha value is -3.57. The molecule has 3 aromatic carbocycles. The van der Waals surface area contributed by atoms with Crippen LogP contribution < -0.4 is 9.75 Å². The zero-order chi connectivity index (χ0) is 22.8. The van der Waals surface area contributed by atoms with Crippen molar-refractivity contribution in [2.45, 2.75) is 24.8 Å². The van der Waals surface area contributed by atoms with Crippen molar-refractivity contribution in [1.29, 1.82) is 0 Å². The summed E-state index contributed by atoms with van der Waals surface area (Å²) < 4.78 is 6.09. The number of hydrazone groups is 1. The maximum Gasteiger partial charge on any atom is 0.280 e. The molecule has 164 valence electrons. The van der Waals surface area contributed by atoms with Crippen LogP contribution in [-0.2, 0) is 4.79 Å². The molecule has 0 fully saturated rings. The van der Waals surface area contributed by atoms with E-state index >= 15 is 0 Å². The minimum absolute atomic E-state index is 0.118. The number of nitrogens with zero attached hydrogens (tertiary/aromatic N) is 2. The molecule has 1 amide bonds. The SMILES string of the molecule is Cc1ccc(SCC2=NN(c3ccccc3)C(=O)/C2=C/C2=Cc3ccccc3OC2C)cc1. The molecule has 0 radical (unpaired) electrons. The van der Waals surface area contributed by atoms with Crippen molar-refractivity contribution < 1.29 is 9.53 Å². The van der Waals surface area contributed by atoms with Crippen molar-refractivity contribution in [1.82, 2.24) is 0 Å². The summed E-state index contributed by atoms with van der Waals surface area (Å²) in [5.41, 5.74) is 5.33. The summed E-state index contributed by atoms with van der Waals surface area (Å²) in [6, 6.07) is 25.9. The lowest BCUT2D eigenvalue weighted by atomic mass is 9.99. The highest BCUT2D eigenvalue weighted by Gasteiger charge is 2.32. The standard InChI is InChI=1S/C28H24N2O2S/c1-19-12-14-24(15-13-19)33-18-26-25(28(31)30(29-26)23-9-4-3-5-10-23)17-22-16-21-8-6-7-11-27(21)32-20(22)2/h3-17,20H,18H2,1-2H3/b25-17+. The van der Waals surface area contributed by atoms with Crippen LogP contribution in [-0.4, -0.2) is 23.5 Å². The number of carbonyl (C=O) groups excluding carboxylic acids is 1. The fourth-order valence-electron chi connectivity index (χ4n) is 3.83. The molecule has 4 nitrogen and oxygen atoms in total. The van der Waals surface area contributed by atoms with Crippen LogP contribution in [0, 0.1) is 6.92 Å². The highest BCUT2D eigenvalue weighted by molar-refractivity contribution is 8.00. The van der Waals surface area contributed by atoms with Crippen LogP contribution in [0.15, 0.2) is 106 Å². The molecule has 2 heterocycles. The first-order chi connectivity index (χ1) is 16.1. The third kappa shape index (κ3) is 4.50. The minimum Gasteiger partial charge on any atom is -0.485 e. The minimum atomic E-state index is -0.156. The quantitative estimate of drug-likeness (QED) is 0.338. The summed E-state index contributed by atoms with van der Waals surface area (Å²) in [6.45, 7) is 4.08. The third-order valence-electron chi connectivity index (χ3n) is 5.68. The zero-order valence-electron chi connectivity index (χ0n) is 18.6. The number of carbonyl (C=O) groups is 1. The summed E-state index contributed by atoms with van der Waals surface area (Å²) in [6.07, 6.45) is 3.89. The fraction of sp³-hybridized carbons (Fsp3) is 0.143. The van der Waals surface area contributed by atoms with Crippen LogP contribution in [0.2, 0.25) is 0 Å².